The Hall–Kier alpha value is -2.16. The summed E-state index contributed by atoms with van der Waals surface area (Å²) < 4.78 is 4.57. The topological polar surface area (TPSA) is 118 Å². The molecule has 0 bridgehead atoms. The zero-order chi connectivity index (χ0) is 14.4. The number of carbonyl (C=O) groups is 1. The molecule has 1 aliphatic heterocycles. The molecule has 0 aromatic carbocycles. The Morgan fingerprint density at radius 1 is 1.30 bits per heavy atom. The quantitative estimate of drug-likeness (QED) is 0.368. The van der Waals surface area contributed by atoms with Crippen molar-refractivity contribution < 1.29 is 9.53 Å². The second-order valence-corrected chi connectivity index (χ2v) is 4.37. The number of esters is 1. The molecule has 1 aliphatic rings. The van der Waals surface area contributed by atoms with Crippen molar-refractivity contribution >= 4 is 23.8 Å². The zero-order valence-corrected chi connectivity index (χ0v) is 11.4. The number of nitrogen functional groups attached to an aromatic ring is 1. The molecule has 0 unspecified atom stereocenters. The van der Waals surface area contributed by atoms with E-state index in [9.17, 15) is 4.79 Å². The van der Waals surface area contributed by atoms with E-state index >= 15 is 0 Å². The van der Waals surface area contributed by atoms with Crippen molar-refractivity contribution in [3.63, 3.8) is 0 Å². The number of hydrogen-bond acceptors (Lipinski definition) is 9. The molecule has 9 nitrogen and oxygen atoms in total. The highest BCUT2D eigenvalue weighted by atomic mass is 16.5. The molecule has 0 atom stereocenters. The van der Waals surface area contributed by atoms with E-state index in [4.69, 9.17) is 5.84 Å². The lowest BCUT2D eigenvalue weighted by atomic mass is 10.4. The van der Waals surface area contributed by atoms with E-state index in [0.717, 1.165) is 25.9 Å². The van der Waals surface area contributed by atoms with Gasteiger partial charge < -0.3 is 15.0 Å². The largest absolute Gasteiger partial charge is 0.469 e. The van der Waals surface area contributed by atoms with Gasteiger partial charge in [-0.15, -0.1) is 0 Å². The summed E-state index contributed by atoms with van der Waals surface area (Å²) in [6.45, 7) is 2.24. The number of hydrazine groups is 1. The molecule has 1 saturated heterocycles. The summed E-state index contributed by atoms with van der Waals surface area (Å²) in [6, 6.07) is 0. The molecular weight excluding hydrogens is 262 g/mol. The summed E-state index contributed by atoms with van der Waals surface area (Å²) in [5.74, 6) is 6.34. The third kappa shape index (κ3) is 3.67. The van der Waals surface area contributed by atoms with Crippen molar-refractivity contribution in [2.24, 2.45) is 5.84 Å². The standard InChI is InChI=1S/C11H19N7O2/c1-20-8(19)4-5-13-9-14-10(17-12)16-11(15-9)18-6-2-3-7-18/h2-7,12H2,1H3,(H2,13,14,15,16,17). The van der Waals surface area contributed by atoms with Crippen LogP contribution < -0.4 is 21.5 Å². The van der Waals surface area contributed by atoms with Gasteiger partial charge in [0.2, 0.25) is 17.8 Å². The average Bonchev–Trinajstić information content (AvgIpc) is 3.01. The predicted octanol–water partition coefficient (Wildman–Crippen LogP) is -0.268. The van der Waals surface area contributed by atoms with Crippen molar-refractivity contribution in [2.45, 2.75) is 19.3 Å². The van der Waals surface area contributed by atoms with Gasteiger partial charge in [-0.3, -0.25) is 10.2 Å². The molecule has 1 aromatic rings. The molecule has 1 aromatic heterocycles. The first-order chi connectivity index (χ1) is 9.72. The Kier molecular flexibility index (Phi) is 4.88. The number of nitrogens with two attached hydrogens (primary N) is 1. The van der Waals surface area contributed by atoms with Crippen LogP contribution in [-0.2, 0) is 9.53 Å². The molecule has 20 heavy (non-hydrogen) atoms. The van der Waals surface area contributed by atoms with Crippen LogP contribution in [0, 0.1) is 0 Å². The number of ether oxygens (including phenoxy) is 1. The Labute approximate surface area is 116 Å². The number of hydrogen-bond donors (Lipinski definition) is 3. The van der Waals surface area contributed by atoms with Crippen molar-refractivity contribution in [3.05, 3.63) is 0 Å². The lowest BCUT2D eigenvalue weighted by molar-refractivity contribution is -0.140. The average molecular weight is 281 g/mol. The van der Waals surface area contributed by atoms with Crippen molar-refractivity contribution in [1.82, 2.24) is 15.0 Å². The van der Waals surface area contributed by atoms with Crippen LogP contribution in [0.5, 0.6) is 0 Å². The zero-order valence-electron chi connectivity index (χ0n) is 11.4. The van der Waals surface area contributed by atoms with Crippen LogP contribution in [0.25, 0.3) is 0 Å². The van der Waals surface area contributed by atoms with Gasteiger partial charge in [-0.2, -0.15) is 15.0 Å². The molecular formula is C11H19N7O2. The first-order valence-corrected chi connectivity index (χ1v) is 6.51. The van der Waals surface area contributed by atoms with Gasteiger partial charge in [-0.25, -0.2) is 5.84 Å². The van der Waals surface area contributed by atoms with E-state index in [1.165, 1.54) is 7.11 Å². The van der Waals surface area contributed by atoms with E-state index in [-0.39, 0.29) is 12.4 Å². The molecule has 0 aliphatic carbocycles. The minimum Gasteiger partial charge on any atom is -0.469 e. The Morgan fingerprint density at radius 2 is 2.00 bits per heavy atom. The number of methoxy groups -OCH3 is 1. The molecule has 4 N–H and O–H groups in total. The molecule has 9 heteroatoms. The van der Waals surface area contributed by atoms with Gasteiger partial charge in [0.05, 0.1) is 13.5 Å². The van der Waals surface area contributed by atoms with Gasteiger partial charge in [-0.1, -0.05) is 0 Å². The highest BCUT2D eigenvalue weighted by molar-refractivity contribution is 5.69. The van der Waals surface area contributed by atoms with Crippen molar-refractivity contribution in [2.75, 3.05) is 42.4 Å². The third-order valence-electron chi connectivity index (χ3n) is 2.98. The number of rotatable bonds is 6. The van der Waals surface area contributed by atoms with Gasteiger partial charge in [-0.05, 0) is 12.8 Å². The summed E-state index contributed by atoms with van der Waals surface area (Å²) in [5, 5.41) is 2.96. The van der Waals surface area contributed by atoms with Crippen LogP contribution >= 0.6 is 0 Å². The van der Waals surface area contributed by atoms with Crippen molar-refractivity contribution in [3.8, 4) is 0 Å². The molecule has 2 heterocycles. The fourth-order valence-corrected chi connectivity index (χ4v) is 1.95. The molecule has 0 radical (unpaired) electrons. The first-order valence-electron chi connectivity index (χ1n) is 6.51. The Morgan fingerprint density at radius 3 is 2.65 bits per heavy atom. The van der Waals surface area contributed by atoms with Crippen LogP contribution in [-0.4, -0.2) is 47.7 Å². The second kappa shape index (κ2) is 6.85. The maximum atomic E-state index is 11.0. The fourth-order valence-electron chi connectivity index (χ4n) is 1.95. The van der Waals surface area contributed by atoms with E-state index in [1.807, 2.05) is 0 Å². The smallest absolute Gasteiger partial charge is 0.307 e. The number of aromatic nitrogens is 3. The first kappa shape index (κ1) is 14.3. The van der Waals surface area contributed by atoms with Gasteiger partial charge in [0.1, 0.15) is 0 Å². The van der Waals surface area contributed by atoms with Gasteiger partial charge in [0.15, 0.2) is 0 Å². The van der Waals surface area contributed by atoms with Gasteiger partial charge >= 0.3 is 5.97 Å². The lowest BCUT2D eigenvalue weighted by Crippen LogP contribution is -2.23. The van der Waals surface area contributed by atoms with Crippen LogP contribution in [0.2, 0.25) is 0 Å². The SMILES string of the molecule is COC(=O)CCNc1nc(NN)nc(N2CCCC2)n1. The minimum absolute atomic E-state index is 0.243. The number of nitrogens with zero attached hydrogens (tertiary/aromatic N) is 4. The lowest BCUT2D eigenvalue weighted by Gasteiger charge is -2.16. The van der Waals surface area contributed by atoms with Crippen LogP contribution in [0.4, 0.5) is 17.8 Å². The van der Waals surface area contributed by atoms with Crippen molar-refractivity contribution in [1.29, 1.82) is 0 Å². The highest BCUT2D eigenvalue weighted by Crippen LogP contribution is 2.18. The summed E-state index contributed by atoms with van der Waals surface area (Å²) in [5.41, 5.74) is 2.42. The van der Waals surface area contributed by atoms with Gasteiger partial charge in [0, 0.05) is 19.6 Å². The van der Waals surface area contributed by atoms with E-state index < -0.39 is 0 Å². The summed E-state index contributed by atoms with van der Waals surface area (Å²) >= 11 is 0. The van der Waals surface area contributed by atoms with Gasteiger partial charge in [0.25, 0.3) is 0 Å². The summed E-state index contributed by atoms with van der Waals surface area (Å²) in [4.78, 5) is 25.8. The molecule has 110 valence electrons. The maximum Gasteiger partial charge on any atom is 0.307 e. The van der Waals surface area contributed by atoms with E-state index in [2.05, 4.69) is 35.3 Å². The summed E-state index contributed by atoms with van der Waals surface area (Å²) in [7, 11) is 1.35. The third-order valence-corrected chi connectivity index (χ3v) is 2.98. The Balaban J connectivity index is 2.03. The number of carbonyl (C=O) groups excluding carboxylic acids is 1. The predicted molar refractivity (Wildman–Crippen MR) is 74.2 cm³/mol. The normalized spacial score (nSPS) is 14.2. The molecule has 1 fully saturated rings. The highest BCUT2D eigenvalue weighted by Gasteiger charge is 2.17. The van der Waals surface area contributed by atoms with E-state index in [1.54, 1.807) is 0 Å². The molecule has 0 amide bonds. The van der Waals surface area contributed by atoms with Crippen LogP contribution in [0.15, 0.2) is 0 Å². The minimum atomic E-state index is -0.288. The van der Waals surface area contributed by atoms with Crippen LogP contribution in [0.1, 0.15) is 19.3 Å². The number of anilines is 3. The Bertz CT molecular complexity index is 462. The van der Waals surface area contributed by atoms with E-state index in [0.29, 0.717) is 24.4 Å². The van der Waals surface area contributed by atoms with Crippen LogP contribution in [0.3, 0.4) is 0 Å². The molecule has 0 saturated carbocycles. The maximum absolute atomic E-state index is 11.0. The molecule has 0 spiro atoms. The monoisotopic (exact) mass is 281 g/mol. The summed E-state index contributed by atoms with van der Waals surface area (Å²) in [6.07, 6.45) is 2.50. The number of nitrogens with one attached hydrogen (secondary N) is 2. The molecule has 2 rings (SSSR count). The fraction of sp³-hybridized carbons (Fsp3) is 0.636. The second-order valence-electron chi connectivity index (χ2n) is 4.37.